The first-order chi connectivity index (χ1) is 6.92. The molecule has 0 unspecified atom stereocenters. The Hall–Kier alpha value is -1.36. The summed E-state index contributed by atoms with van der Waals surface area (Å²) in [6.07, 6.45) is 1.69. The van der Waals surface area contributed by atoms with Crippen molar-refractivity contribution in [2.45, 2.75) is 20.8 Å². The fourth-order valence-corrected chi connectivity index (χ4v) is 1.42. The van der Waals surface area contributed by atoms with Crippen LogP contribution in [-0.2, 0) is 0 Å². The highest BCUT2D eigenvalue weighted by Crippen LogP contribution is 2.18. The van der Waals surface area contributed by atoms with Crippen LogP contribution in [0.2, 0.25) is 0 Å². The Morgan fingerprint density at radius 2 is 2.13 bits per heavy atom. The molecule has 5 nitrogen and oxygen atoms in total. The maximum absolute atomic E-state index is 5.25. The molecule has 1 aromatic heterocycles. The van der Waals surface area contributed by atoms with Crippen LogP contribution in [0.1, 0.15) is 20.8 Å². The summed E-state index contributed by atoms with van der Waals surface area (Å²) in [6.45, 7) is 7.49. The molecule has 1 aromatic rings. The van der Waals surface area contributed by atoms with Crippen LogP contribution in [0.4, 0.5) is 11.8 Å². The smallest absolute Gasteiger partial charge is 0.239 e. The number of nitrogens with one attached hydrogen (secondary N) is 1. The number of hydrazine groups is 1. The topological polar surface area (TPSA) is 67.1 Å². The molecule has 0 spiro atoms. The van der Waals surface area contributed by atoms with Crippen molar-refractivity contribution in [2.24, 2.45) is 11.3 Å². The van der Waals surface area contributed by atoms with E-state index in [0.717, 1.165) is 12.4 Å². The van der Waals surface area contributed by atoms with Crippen LogP contribution in [0.15, 0.2) is 12.3 Å². The molecule has 84 valence electrons. The van der Waals surface area contributed by atoms with E-state index in [-0.39, 0.29) is 5.41 Å². The lowest BCUT2D eigenvalue weighted by atomic mass is 9.96. The van der Waals surface area contributed by atoms with Gasteiger partial charge in [0.25, 0.3) is 0 Å². The van der Waals surface area contributed by atoms with Crippen molar-refractivity contribution in [1.82, 2.24) is 9.97 Å². The SMILES string of the molecule is CN(CC(C)(C)C)c1ccnc(NN)n1. The number of hydrogen-bond acceptors (Lipinski definition) is 5. The predicted octanol–water partition coefficient (Wildman–Crippen LogP) is 1.24. The second-order valence-corrected chi connectivity index (χ2v) is 4.80. The van der Waals surface area contributed by atoms with Crippen molar-refractivity contribution >= 4 is 11.8 Å². The van der Waals surface area contributed by atoms with E-state index in [1.54, 1.807) is 6.20 Å². The van der Waals surface area contributed by atoms with Crippen molar-refractivity contribution in [3.8, 4) is 0 Å². The molecule has 0 fully saturated rings. The molecule has 0 radical (unpaired) electrons. The van der Waals surface area contributed by atoms with Crippen molar-refractivity contribution in [3.05, 3.63) is 12.3 Å². The van der Waals surface area contributed by atoms with Crippen molar-refractivity contribution in [2.75, 3.05) is 23.9 Å². The zero-order chi connectivity index (χ0) is 11.5. The van der Waals surface area contributed by atoms with Crippen LogP contribution >= 0.6 is 0 Å². The van der Waals surface area contributed by atoms with Crippen molar-refractivity contribution in [1.29, 1.82) is 0 Å². The fraction of sp³-hybridized carbons (Fsp3) is 0.600. The Labute approximate surface area is 90.7 Å². The summed E-state index contributed by atoms with van der Waals surface area (Å²) in [4.78, 5) is 10.3. The number of nitrogen functional groups attached to an aromatic ring is 1. The van der Waals surface area contributed by atoms with Crippen LogP contribution in [0.25, 0.3) is 0 Å². The molecule has 0 aliphatic carbocycles. The number of anilines is 2. The van der Waals surface area contributed by atoms with E-state index >= 15 is 0 Å². The molecule has 0 aliphatic heterocycles. The van der Waals surface area contributed by atoms with Crippen molar-refractivity contribution in [3.63, 3.8) is 0 Å². The van der Waals surface area contributed by atoms with Gasteiger partial charge in [0.2, 0.25) is 5.95 Å². The molecule has 1 rings (SSSR count). The third kappa shape index (κ3) is 3.71. The lowest BCUT2D eigenvalue weighted by Gasteiger charge is -2.27. The molecule has 3 N–H and O–H groups in total. The Morgan fingerprint density at radius 3 is 2.67 bits per heavy atom. The lowest BCUT2D eigenvalue weighted by molar-refractivity contribution is 0.418. The van der Waals surface area contributed by atoms with E-state index in [9.17, 15) is 0 Å². The fourth-order valence-electron chi connectivity index (χ4n) is 1.42. The van der Waals surface area contributed by atoms with Crippen LogP contribution in [0.3, 0.4) is 0 Å². The first-order valence-corrected chi connectivity index (χ1v) is 4.93. The first-order valence-electron chi connectivity index (χ1n) is 4.93. The third-order valence-corrected chi connectivity index (χ3v) is 1.87. The standard InChI is InChI=1S/C10H19N5/c1-10(2,3)7-15(4)8-5-6-12-9(13-8)14-11/h5-6H,7,11H2,1-4H3,(H,12,13,14). The zero-order valence-corrected chi connectivity index (χ0v) is 9.78. The molecular weight excluding hydrogens is 190 g/mol. The van der Waals surface area contributed by atoms with Gasteiger partial charge in [-0.15, -0.1) is 0 Å². The monoisotopic (exact) mass is 209 g/mol. The highest BCUT2D eigenvalue weighted by Gasteiger charge is 2.14. The van der Waals surface area contributed by atoms with E-state index in [1.807, 2.05) is 13.1 Å². The summed E-state index contributed by atoms with van der Waals surface area (Å²) in [6, 6.07) is 1.87. The van der Waals surface area contributed by atoms with Gasteiger partial charge >= 0.3 is 0 Å². The molecule has 1 heterocycles. The van der Waals surface area contributed by atoms with E-state index in [2.05, 4.69) is 41.1 Å². The van der Waals surface area contributed by atoms with Crippen molar-refractivity contribution < 1.29 is 0 Å². The van der Waals surface area contributed by atoms with Gasteiger partial charge in [0.1, 0.15) is 5.82 Å². The Morgan fingerprint density at radius 1 is 1.47 bits per heavy atom. The molecule has 0 aromatic carbocycles. The van der Waals surface area contributed by atoms with Crippen LogP contribution in [0, 0.1) is 5.41 Å². The molecule has 5 heteroatoms. The molecule has 15 heavy (non-hydrogen) atoms. The second-order valence-electron chi connectivity index (χ2n) is 4.80. The third-order valence-electron chi connectivity index (χ3n) is 1.87. The first kappa shape index (κ1) is 11.7. The normalized spacial score (nSPS) is 11.3. The summed E-state index contributed by atoms with van der Waals surface area (Å²) in [5.41, 5.74) is 2.67. The van der Waals surface area contributed by atoms with E-state index in [1.165, 1.54) is 0 Å². The molecule has 0 aliphatic rings. The molecule has 0 saturated carbocycles. The number of nitrogens with two attached hydrogens (primary N) is 1. The summed E-state index contributed by atoms with van der Waals surface area (Å²) in [5.74, 6) is 6.56. The van der Waals surface area contributed by atoms with Crippen LogP contribution in [-0.4, -0.2) is 23.6 Å². The van der Waals surface area contributed by atoms with Crippen LogP contribution < -0.4 is 16.2 Å². The van der Waals surface area contributed by atoms with Gasteiger partial charge in [-0.1, -0.05) is 20.8 Å². The highest BCUT2D eigenvalue weighted by molar-refractivity contribution is 5.41. The molecule has 0 atom stereocenters. The minimum Gasteiger partial charge on any atom is -0.359 e. The van der Waals surface area contributed by atoms with Gasteiger partial charge in [0.15, 0.2) is 0 Å². The average molecular weight is 209 g/mol. The van der Waals surface area contributed by atoms with Gasteiger partial charge in [-0.25, -0.2) is 10.8 Å². The highest BCUT2D eigenvalue weighted by atomic mass is 15.3. The van der Waals surface area contributed by atoms with Gasteiger partial charge in [-0.2, -0.15) is 4.98 Å². The minimum atomic E-state index is 0.232. The Kier molecular flexibility index (Phi) is 3.47. The van der Waals surface area contributed by atoms with Gasteiger partial charge in [-0.05, 0) is 11.5 Å². The van der Waals surface area contributed by atoms with E-state index < -0.39 is 0 Å². The van der Waals surface area contributed by atoms with E-state index in [4.69, 9.17) is 5.84 Å². The maximum atomic E-state index is 5.25. The molecule has 0 amide bonds. The summed E-state index contributed by atoms with van der Waals surface area (Å²) in [5, 5.41) is 0. The Balaban J connectivity index is 2.77. The summed E-state index contributed by atoms with van der Waals surface area (Å²) >= 11 is 0. The maximum Gasteiger partial charge on any atom is 0.239 e. The number of nitrogens with zero attached hydrogens (tertiary/aromatic N) is 3. The lowest BCUT2D eigenvalue weighted by Crippen LogP contribution is -2.30. The summed E-state index contributed by atoms with van der Waals surface area (Å²) < 4.78 is 0. The minimum absolute atomic E-state index is 0.232. The number of hydrogen-bond donors (Lipinski definition) is 2. The Bertz CT molecular complexity index is 318. The van der Waals surface area contributed by atoms with Gasteiger partial charge < -0.3 is 4.90 Å². The van der Waals surface area contributed by atoms with Gasteiger partial charge in [0.05, 0.1) is 0 Å². The quantitative estimate of drug-likeness (QED) is 0.579. The predicted molar refractivity (Wildman–Crippen MR) is 62.6 cm³/mol. The molecular formula is C10H19N5. The number of aromatic nitrogens is 2. The average Bonchev–Trinajstić information content (AvgIpc) is 2.15. The second kappa shape index (κ2) is 4.44. The van der Waals surface area contributed by atoms with Gasteiger partial charge in [-0.3, -0.25) is 5.43 Å². The van der Waals surface area contributed by atoms with Crippen LogP contribution in [0.5, 0.6) is 0 Å². The summed E-state index contributed by atoms with van der Waals surface area (Å²) in [7, 11) is 2.01. The molecule has 0 saturated heterocycles. The van der Waals surface area contributed by atoms with Gasteiger partial charge in [0, 0.05) is 19.8 Å². The largest absolute Gasteiger partial charge is 0.359 e. The van der Waals surface area contributed by atoms with E-state index in [0.29, 0.717) is 5.95 Å². The number of rotatable bonds is 3. The zero-order valence-electron chi connectivity index (χ0n) is 9.78. The molecule has 0 bridgehead atoms.